The summed E-state index contributed by atoms with van der Waals surface area (Å²) in [7, 11) is 1.57. The fourth-order valence-electron chi connectivity index (χ4n) is 1.97. The standard InChI is InChI=1S/C16H27NO3/c1-12(2)8-17-9-14-7-5-6-13(3)16(14)20-11-15(18)10-19-4/h5-7,12,15,17-18H,8-11H2,1-4H3. The van der Waals surface area contributed by atoms with E-state index in [4.69, 9.17) is 9.47 Å². The summed E-state index contributed by atoms with van der Waals surface area (Å²) in [4.78, 5) is 0. The summed E-state index contributed by atoms with van der Waals surface area (Å²) >= 11 is 0. The van der Waals surface area contributed by atoms with Crippen molar-refractivity contribution >= 4 is 0 Å². The third-order valence-corrected chi connectivity index (χ3v) is 2.94. The molecule has 0 aromatic heterocycles. The molecule has 20 heavy (non-hydrogen) atoms. The van der Waals surface area contributed by atoms with Gasteiger partial charge in [-0.1, -0.05) is 32.0 Å². The number of rotatable bonds is 9. The van der Waals surface area contributed by atoms with E-state index < -0.39 is 6.10 Å². The van der Waals surface area contributed by atoms with Gasteiger partial charge in [-0.15, -0.1) is 0 Å². The lowest BCUT2D eigenvalue weighted by atomic mass is 10.1. The van der Waals surface area contributed by atoms with Crippen LogP contribution >= 0.6 is 0 Å². The van der Waals surface area contributed by atoms with E-state index in [-0.39, 0.29) is 13.2 Å². The molecule has 0 radical (unpaired) electrons. The highest BCUT2D eigenvalue weighted by Crippen LogP contribution is 2.23. The minimum absolute atomic E-state index is 0.246. The molecule has 1 aromatic rings. The Bertz CT molecular complexity index is 393. The zero-order chi connectivity index (χ0) is 15.0. The zero-order valence-corrected chi connectivity index (χ0v) is 13.0. The number of hydrogen-bond donors (Lipinski definition) is 2. The quantitative estimate of drug-likeness (QED) is 0.728. The van der Waals surface area contributed by atoms with Crippen LogP contribution in [0.3, 0.4) is 0 Å². The fraction of sp³-hybridized carbons (Fsp3) is 0.625. The molecule has 0 amide bonds. The molecule has 0 fully saturated rings. The molecule has 1 unspecified atom stereocenters. The number of aliphatic hydroxyl groups is 1. The molecule has 1 rings (SSSR count). The van der Waals surface area contributed by atoms with Gasteiger partial charge in [-0.05, 0) is 24.9 Å². The summed E-state index contributed by atoms with van der Waals surface area (Å²) in [6.07, 6.45) is -0.601. The zero-order valence-electron chi connectivity index (χ0n) is 13.0. The maximum atomic E-state index is 9.68. The smallest absolute Gasteiger partial charge is 0.126 e. The van der Waals surface area contributed by atoms with Gasteiger partial charge in [0.25, 0.3) is 0 Å². The van der Waals surface area contributed by atoms with Crippen molar-refractivity contribution in [1.29, 1.82) is 0 Å². The highest BCUT2D eigenvalue weighted by atomic mass is 16.5. The maximum absolute atomic E-state index is 9.68. The van der Waals surface area contributed by atoms with Crippen LogP contribution < -0.4 is 10.1 Å². The van der Waals surface area contributed by atoms with Crippen molar-refractivity contribution < 1.29 is 14.6 Å². The minimum Gasteiger partial charge on any atom is -0.490 e. The molecule has 4 nitrogen and oxygen atoms in total. The molecular weight excluding hydrogens is 254 g/mol. The third kappa shape index (κ3) is 5.90. The van der Waals surface area contributed by atoms with Crippen molar-refractivity contribution in [3.8, 4) is 5.75 Å². The number of nitrogens with one attached hydrogen (secondary N) is 1. The SMILES string of the molecule is COCC(O)COc1c(C)cccc1CNCC(C)C. The van der Waals surface area contributed by atoms with Crippen LogP contribution in [0.1, 0.15) is 25.0 Å². The second kappa shape index (κ2) is 8.95. The highest BCUT2D eigenvalue weighted by molar-refractivity contribution is 5.40. The van der Waals surface area contributed by atoms with E-state index in [9.17, 15) is 5.11 Å². The van der Waals surface area contributed by atoms with E-state index in [1.54, 1.807) is 7.11 Å². The number of methoxy groups -OCH3 is 1. The largest absolute Gasteiger partial charge is 0.490 e. The number of aliphatic hydroxyl groups excluding tert-OH is 1. The number of para-hydroxylation sites is 1. The van der Waals surface area contributed by atoms with Crippen LogP contribution in [0.15, 0.2) is 18.2 Å². The normalized spacial score (nSPS) is 12.7. The van der Waals surface area contributed by atoms with Gasteiger partial charge in [0.1, 0.15) is 18.5 Å². The molecule has 0 aliphatic carbocycles. The Morgan fingerprint density at radius 3 is 2.65 bits per heavy atom. The first kappa shape index (κ1) is 17.0. The first-order valence-electron chi connectivity index (χ1n) is 7.13. The Labute approximate surface area is 122 Å². The summed E-state index contributed by atoms with van der Waals surface area (Å²) in [5.41, 5.74) is 2.20. The Morgan fingerprint density at radius 2 is 2.00 bits per heavy atom. The molecule has 1 atom stereocenters. The van der Waals surface area contributed by atoms with E-state index >= 15 is 0 Å². The molecule has 114 valence electrons. The summed E-state index contributed by atoms with van der Waals surface area (Å²) in [6.45, 7) is 8.66. The van der Waals surface area contributed by atoms with Crippen LogP contribution in [0.2, 0.25) is 0 Å². The van der Waals surface area contributed by atoms with Gasteiger partial charge < -0.3 is 19.9 Å². The van der Waals surface area contributed by atoms with Gasteiger partial charge in [0.2, 0.25) is 0 Å². The average Bonchev–Trinajstić information content (AvgIpc) is 2.38. The lowest BCUT2D eigenvalue weighted by Gasteiger charge is -2.17. The van der Waals surface area contributed by atoms with Crippen molar-refractivity contribution in [2.75, 3.05) is 26.9 Å². The highest BCUT2D eigenvalue weighted by Gasteiger charge is 2.10. The second-order valence-corrected chi connectivity index (χ2v) is 5.51. The summed E-state index contributed by atoms with van der Waals surface area (Å²) < 4.78 is 10.7. The maximum Gasteiger partial charge on any atom is 0.126 e. The van der Waals surface area contributed by atoms with Crippen LogP contribution in [-0.4, -0.2) is 38.1 Å². The monoisotopic (exact) mass is 281 g/mol. The van der Waals surface area contributed by atoms with Gasteiger partial charge in [-0.3, -0.25) is 0 Å². The summed E-state index contributed by atoms with van der Waals surface area (Å²) in [6, 6.07) is 6.10. The minimum atomic E-state index is -0.601. The van der Waals surface area contributed by atoms with Crippen LogP contribution in [0, 0.1) is 12.8 Å². The fourth-order valence-corrected chi connectivity index (χ4v) is 1.97. The van der Waals surface area contributed by atoms with Crippen LogP contribution in [0.4, 0.5) is 0 Å². The Hall–Kier alpha value is -1.10. The van der Waals surface area contributed by atoms with Crippen LogP contribution in [0.5, 0.6) is 5.75 Å². The van der Waals surface area contributed by atoms with E-state index in [1.165, 1.54) is 0 Å². The molecule has 0 saturated carbocycles. The second-order valence-electron chi connectivity index (χ2n) is 5.51. The average molecular weight is 281 g/mol. The number of aryl methyl sites for hydroxylation is 1. The molecule has 0 bridgehead atoms. The van der Waals surface area contributed by atoms with Crippen molar-refractivity contribution in [3.05, 3.63) is 29.3 Å². The van der Waals surface area contributed by atoms with Gasteiger partial charge in [-0.2, -0.15) is 0 Å². The lowest BCUT2D eigenvalue weighted by Crippen LogP contribution is -2.24. The van der Waals surface area contributed by atoms with E-state index in [0.29, 0.717) is 5.92 Å². The topological polar surface area (TPSA) is 50.7 Å². The Balaban J connectivity index is 2.63. The van der Waals surface area contributed by atoms with E-state index in [2.05, 4.69) is 25.2 Å². The molecular formula is C16H27NO3. The van der Waals surface area contributed by atoms with Gasteiger partial charge in [0, 0.05) is 19.2 Å². The molecule has 0 aliphatic rings. The molecule has 0 heterocycles. The van der Waals surface area contributed by atoms with Crippen molar-refractivity contribution in [2.24, 2.45) is 5.92 Å². The summed E-state index contributed by atoms with van der Waals surface area (Å²) in [5, 5.41) is 13.1. The molecule has 2 N–H and O–H groups in total. The van der Waals surface area contributed by atoms with Crippen molar-refractivity contribution in [1.82, 2.24) is 5.32 Å². The van der Waals surface area contributed by atoms with Crippen molar-refractivity contribution in [3.63, 3.8) is 0 Å². The van der Waals surface area contributed by atoms with Gasteiger partial charge in [0.15, 0.2) is 0 Å². The van der Waals surface area contributed by atoms with Gasteiger partial charge >= 0.3 is 0 Å². The Morgan fingerprint density at radius 1 is 1.25 bits per heavy atom. The number of benzene rings is 1. The van der Waals surface area contributed by atoms with Gasteiger partial charge in [-0.25, -0.2) is 0 Å². The lowest BCUT2D eigenvalue weighted by molar-refractivity contribution is 0.0321. The molecule has 4 heteroatoms. The number of hydrogen-bond acceptors (Lipinski definition) is 4. The van der Waals surface area contributed by atoms with Crippen molar-refractivity contribution in [2.45, 2.75) is 33.4 Å². The molecule has 1 aromatic carbocycles. The molecule has 0 aliphatic heterocycles. The Kier molecular flexibility index (Phi) is 7.59. The van der Waals surface area contributed by atoms with Gasteiger partial charge in [0.05, 0.1) is 6.61 Å². The van der Waals surface area contributed by atoms with E-state index in [0.717, 1.165) is 30.0 Å². The predicted octanol–water partition coefficient (Wildman–Crippen LogP) is 2.13. The first-order chi connectivity index (χ1) is 9.54. The first-order valence-corrected chi connectivity index (χ1v) is 7.13. The van der Waals surface area contributed by atoms with E-state index in [1.807, 2.05) is 19.1 Å². The third-order valence-electron chi connectivity index (χ3n) is 2.94. The van der Waals surface area contributed by atoms with Crippen LogP contribution in [-0.2, 0) is 11.3 Å². The number of ether oxygens (including phenoxy) is 2. The van der Waals surface area contributed by atoms with Crippen LogP contribution in [0.25, 0.3) is 0 Å². The molecule has 0 saturated heterocycles. The predicted molar refractivity (Wildman–Crippen MR) is 81.1 cm³/mol. The molecule has 0 spiro atoms. The summed E-state index contributed by atoms with van der Waals surface area (Å²) in [5.74, 6) is 1.48.